The molecule has 1 aliphatic rings. The second kappa shape index (κ2) is 7.48. The van der Waals surface area contributed by atoms with Crippen LogP contribution in [0.25, 0.3) is 0 Å². The zero-order valence-corrected chi connectivity index (χ0v) is 13.5. The van der Waals surface area contributed by atoms with Crippen LogP contribution in [0.5, 0.6) is 0 Å². The van der Waals surface area contributed by atoms with Gasteiger partial charge in [0, 0.05) is 12.0 Å². The molecule has 0 unspecified atom stereocenters. The largest absolute Gasteiger partial charge is 0.396 e. The van der Waals surface area contributed by atoms with E-state index in [9.17, 15) is 9.90 Å². The Bertz CT molecular complexity index is 499. The van der Waals surface area contributed by atoms with Gasteiger partial charge in [-0.25, -0.2) is 0 Å². The number of carbonyl (C=O) groups is 1. The minimum absolute atomic E-state index is 0.0493. The number of hydrogen-bond acceptors (Lipinski definition) is 2. The van der Waals surface area contributed by atoms with Gasteiger partial charge in [0.15, 0.2) is 0 Å². The van der Waals surface area contributed by atoms with Crippen molar-refractivity contribution in [1.29, 1.82) is 0 Å². The molecule has 1 fully saturated rings. The second-order valence-corrected chi connectivity index (χ2v) is 6.74. The first kappa shape index (κ1) is 16.6. The molecule has 0 heterocycles. The molecule has 0 bridgehead atoms. The number of halogens is 2. The molecule has 1 aromatic rings. The quantitative estimate of drug-likeness (QED) is 0.867. The monoisotopic (exact) mass is 329 g/mol. The van der Waals surface area contributed by atoms with Crippen LogP contribution >= 0.6 is 23.2 Å². The van der Waals surface area contributed by atoms with Crippen LogP contribution in [0.1, 0.15) is 37.7 Å². The highest BCUT2D eigenvalue weighted by atomic mass is 35.5. The smallest absolute Gasteiger partial charge is 0.224 e. The molecule has 0 spiro atoms. The number of aliphatic hydroxyl groups excluding tert-OH is 1. The summed E-state index contributed by atoms with van der Waals surface area (Å²) in [6.45, 7) is 0.684. The number of benzene rings is 1. The van der Waals surface area contributed by atoms with Crippen molar-refractivity contribution >= 4 is 29.1 Å². The lowest BCUT2D eigenvalue weighted by molar-refractivity contribution is -0.121. The summed E-state index contributed by atoms with van der Waals surface area (Å²) in [6.07, 6.45) is 5.72. The number of aliphatic hydroxyl groups is 1. The molecule has 0 radical (unpaired) electrons. The highest BCUT2D eigenvalue weighted by Gasteiger charge is 2.31. The summed E-state index contributed by atoms with van der Waals surface area (Å²) in [5.41, 5.74) is 0.703. The first-order chi connectivity index (χ1) is 10.0. The van der Waals surface area contributed by atoms with Crippen molar-refractivity contribution in [3.05, 3.63) is 33.8 Å². The molecule has 5 heteroatoms. The van der Waals surface area contributed by atoms with Crippen LogP contribution in [0.4, 0.5) is 0 Å². The van der Waals surface area contributed by atoms with Crippen molar-refractivity contribution in [3.63, 3.8) is 0 Å². The Balaban J connectivity index is 1.87. The number of carbonyl (C=O) groups excluding carboxylic acids is 1. The van der Waals surface area contributed by atoms with Gasteiger partial charge in [-0.2, -0.15) is 0 Å². The number of amides is 1. The Hall–Kier alpha value is -0.770. The predicted molar refractivity (Wildman–Crippen MR) is 85.8 cm³/mol. The first-order valence-electron chi connectivity index (χ1n) is 7.36. The summed E-state index contributed by atoms with van der Waals surface area (Å²) in [6, 6.07) is 5.21. The van der Waals surface area contributed by atoms with E-state index >= 15 is 0 Å². The fourth-order valence-electron chi connectivity index (χ4n) is 2.88. The topological polar surface area (TPSA) is 49.3 Å². The van der Waals surface area contributed by atoms with Gasteiger partial charge in [-0.05, 0) is 30.5 Å². The van der Waals surface area contributed by atoms with Gasteiger partial charge in [-0.15, -0.1) is 0 Å². The summed E-state index contributed by atoms with van der Waals surface area (Å²) in [5.74, 6) is -0.0493. The molecular weight excluding hydrogens is 309 g/mol. The lowest BCUT2D eigenvalue weighted by atomic mass is 9.74. The Kier molecular flexibility index (Phi) is 5.91. The van der Waals surface area contributed by atoms with Crippen LogP contribution in [0, 0.1) is 5.41 Å². The van der Waals surface area contributed by atoms with E-state index < -0.39 is 0 Å². The maximum absolute atomic E-state index is 12.0. The second-order valence-electron chi connectivity index (χ2n) is 5.92. The van der Waals surface area contributed by atoms with Crippen molar-refractivity contribution < 1.29 is 9.90 Å². The molecule has 116 valence electrons. The zero-order valence-electron chi connectivity index (χ0n) is 12.0. The van der Waals surface area contributed by atoms with E-state index in [0.29, 0.717) is 16.6 Å². The highest BCUT2D eigenvalue weighted by Crippen LogP contribution is 2.35. The van der Waals surface area contributed by atoms with Crippen molar-refractivity contribution in [3.8, 4) is 0 Å². The van der Waals surface area contributed by atoms with Crippen molar-refractivity contribution in [2.45, 2.75) is 38.5 Å². The third-order valence-corrected chi connectivity index (χ3v) is 5.00. The average molecular weight is 330 g/mol. The molecule has 2 N–H and O–H groups in total. The van der Waals surface area contributed by atoms with Gasteiger partial charge in [0.05, 0.1) is 23.1 Å². The Labute approximate surface area is 135 Å². The van der Waals surface area contributed by atoms with E-state index in [1.807, 2.05) is 0 Å². The van der Waals surface area contributed by atoms with Gasteiger partial charge >= 0.3 is 0 Å². The van der Waals surface area contributed by atoms with Gasteiger partial charge in [0.25, 0.3) is 0 Å². The van der Waals surface area contributed by atoms with Crippen LogP contribution in [0.3, 0.4) is 0 Å². The van der Waals surface area contributed by atoms with Gasteiger partial charge in [0.1, 0.15) is 0 Å². The molecule has 2 rings (SSSR count). The molecule has 0 saturated heterocycles. The third-order valence-electron chi connectivity index (χ3n) is 4.26. The lowest BCUT2D eigenvalue weighted by Gasteiger charge is -2.35. The van der Waals surface area contributed by atoms with Crippen molar-refractivity contribution in [2.75, 3.05) is 13.2 Å². The van der Waals surface area contributed by atoms with Crippen LogP contribution in [0.15, 0.2) is 18.2 Å². The predicted octanol–water partition coefficient (Wildman–Crippen LogP) is 3.59. The van der Waals surface area contributed by atoms with Crippen molar-refractivity contribution in [1.82, 2.24) is 5.32 Å². The van der Waals surface area contributed by atoms with E-state index in [1.54, 1.807) is 18.2 Å². The molecule has 1 saturated carbocycles. The molecule has 0 aliphatic heterocycles. The maximum atomic E-state index is 12.0. The highest BCUT2D eigenvalue weighted by molar-refractivity contribution is 6.42. The standard InChI is InChI=1S/C16H21Cl2NO2/c17-13-5-4-12(8-14(13)18)9-15(21)19-10-16(11-20)6-2-1-3-7-16/h4-5,8,20H,1-3,6-7,9-11H2,(H,19,21). The molecular formula is C16H21Cl2NO2. The summed E-state index contributed by atoms with van der Waals surface area (Å²) in [7, 11) is 0. The van der Waals surface area contributed by atoms with E-state index in [0.717, 1.165) is 31.2 Å². The van der Waals surface area contributed by atoms with E-state index in [-0.39, 0.29) is 24.3 Å². The van der Waals surface area contributed by atoms with E-state index in [1.165, 1.54) is 6.42 Å². The number of nitrogens with one attached hydrogen (secondary N) is 1. The van der Waals surface area contributed by atoms with Crippen LogP contribution in [-0.4, -0.2) is 24.2 Å². The van der Waals surface area contributed by atoms with E-state index in [2.05, 4.69) is 5.32 Å². The number of rotatable bonds is 5. The normalized spacial score (nSPS) is 17.5. The fraction of sp³-hybridized carbons (Fsp3) is 0.562. The van der Waals surface area contributed by atoms with Gasteiger partial charge in [-0.1, -0.05) is 48.5 Å². The third kappa shape index (κ3) is 4.60. The molecule has 1 aliphatic carbocycles. The minimum Gasteiger partial charge on any atom is -0.396 e. The molecule has 1 aromatic carbocycles. The van der Waals surface area contributed by atoms with E-state index in [4.69, 9.17) is 23.2 Å². The number of hydrogen-bond donors (Lipinski definition) is 2. The Morgan fingerprint density at radius 1 is 1.19 bits per heavy atom. The molecule has 0 atom stereocenters. The van der Waals surface area contributed by atoms with Gasteiger partial charge in [0.2, 0.25) is 5.91 Å². The Morgan fingerprint density at radius 3 is 2.52 bits per heavy atom. The molecule has 3 nitrogen and oxygen atoms in total. The zero-order chi connectivity index (χ0) is 15.3. The van der Waals surface area contributed by atoms with Gasteiger partial charge in [-0.3, -0.25) is 4.79 Å². The lowest BCUT2D eigenvalue weighted by Crippen LogP contribution is -2.41. The average Bonchev–Trinajstić information content (AvgIpc) is 2.50. The molecule has 1 amide bonds. The summed E-state index contributed by atoms with van der Waals surface area (Å²) in [4.78, 5) is 12.0. The SMILES string of the molecule is O=C(Cc1ccc(Cl)c(Cl)c1)NCC1(CO)CCCCC1. The van der Waals surface area contributed by atoms with Crippen LogP contribution < -0.4 is 5.32 Å². The maximum Gasteiger partial charge on any atom is 0.224 e. The van der Waals surface area contributed by atoms with Crippen LogP contribution in [-0.2, 0) is 11.2 Å². The minimum atomic E-state index is -0.133. The molecule has 0 aromatic heterocycles. The van der Waals surface area contributed by atoms with Crippen molar-refractivity contribution in [2.24, 2.45) is 5.41 Å². The van der Waals surface area contributed by atoms with Gasteiger partial charge < -0.3 is 10.4 Å². The first-order valence-corrected chi connectivity index (χ1v) is 8.12. The fourth-order valence-corrected chi connectivity index (χ4v) is 3.20. The summed E-state index contributed by atoms with van der Waals surface area (Å²) < 4.78 is 0. The molecule has 21 heavy (non-hydrogen) atoms. The summed E-state index contributed by atoms with van der Waals surface area (Å²) in [5, 5.41) is 13.5. The summed E-state index contributed by atoms with van der Waals surface area (Å²) >= 11 is 11.8. The Morgan fingerprint density at radius 2 is 1.90 bits per heavy atom. The van der Waals surface area contributed by atoms with Crippen LogP contribution in [0.2, 0.25) is 10.0 Å².